The van der Waals surface area contributed by atoms with Crippen molar-refractivity contribution in [2.45, 2.75) is 20.8 Å². The summed E-state index contributed by atoms with van der Waals surface area (Å²) in [5.41, 5.74) is 5.21. The van der Waals surface area contributed by atoms with Crippen LogP contribution in [-0.2, 0) is 7.05 Å². The average molecular weight is 250 g/mol. The molecule has 0 amide bonds. The van der Waals surface area contributed by atoms with Gasteiger partial charge in [-0.1, -0.05) is 17.7 Å². The van der Waals surface area contributed by atoms with Crippen molar-refractivity contribution >= 4 is 23.0 Å². The number of aryl methyl sites for hydroxylation is 3. The molecule has 3 nitrogen and oxygen atoms in total. The summed E-state index contributed by atoms with van der Waals surface area (Å²) in [6, 6.07) is 5.96. The summed E-state index contributed by atoms with van der Waals surface area (Å²) >= 11 is 6.10. The third-order valence-corrected chi connectivity index (χ3v) is 3.36. The maximum Gasteiger partial charge on any atom is 0.0831 e. The highest BCUT2D eigenvalue weighted by atomic mass is 35.5. The molecule has 0 aliphatic heterocycles. The second-order valence-electron chi connectivity index (χ2n) is 4.26. The van der Waals surface area contributed by atoms with Gasteiger partial charge in [-0.25, -0.2) is 0 Å². The predicted molar refractivity (Wildman–Crippen MR) is 72.2 cm³/mol. The largest absolute Gasteiger partial charge is 0.352 e. The number of benzene rings is 1. The van der Waals surface area contributed by atoms with E-state index in [-0.39, 0.29) is 0 Å². The Labute approximate surface area is 106 Å². The van der Waals surface area contributed by atoms with Crippen molar-refractivity contribution in [1.82, 2.24) is 9.78 Å². The molecule has 2 aromatic rings. The lowest BCUT2D eigenvalue weighted by Gasteiger charge is -2.08. The molecule has 90 valence electrons. The van der Waals surface area contributed by atoms with Gasteiger partial charge >= 0.3 is 0 Å². The number of hydrogen-bond donors (Lipinski definition) is 1. The summed E-state index contributed by atoms with van der Waals surface area (Å²) in [5.74, 6) is 0. The van der Waals surface area contributed by atoms with Crippen LogP contribution in [-0.4, -0.2) is 9.78 Å². The molecule has 0 saturated carbocycles. The van der Waals surface area contributed by atoms with Gasteiger partial charge in [-0.2, -0.15) is 5.10 Å². The standard InChI is InChI=1S/C13H16ClN3/c1-8-5-6-11(7-12(8)14)15-13-9(2)16-17(4)10(13)3/h5-7,15H,1-4H3. The molecule has 0 spiro atoms. The van der Waals surface area contributed by atoms with Crippen LogP contribution in [0.15, 0.2) is 18.2 Å². The fraction of sp³-hybridized carbons (Fsp3) is 0.308. The van der Waals surface area contributed by atoms with Gasteiger partial charge in [0.05, 0.1) is 17.1 Å². The number of rotatable bonds is 2. The molecule has 17 heavy (non-hydrogen) atoms. The normalized spacial score (nSPS) is 10.6. The van der Waals surface area contributed by atoms with Gasteiger partial charge in [0.25, 0.3) is 0 Å². The minimum absolute atomic E-state index is 0.772. The molecule has 0 unspecified atom stereocenters. The van der Waals surface area contributed by atoms with Crippen molar-refractivity contribution in [3.8, 4) is 0 Å². The summed E-state index contributed by atoms with van der Waals surface area (Å²) in [7, 11) is 1.94. The van der Waals surface area contributed by atoms with Crippen LogP contribution >= 0.6 is 11.6 Å². The minimum Gasteiger partial charge on any atom is -0.352 e. The molecule has 1 aromatic carbocycles. The van der Waals surface area contributed by atoms with Crippen LogP contribution in [0.5, 0.6) is 0 Å². The SMILES string of the molecule is Cc1ccc(Nc2c(C)nn(C)c2C)cc1Cl. The molecule has 0 radical (unpaired) electrons. The van der Waals surface area contributed by atoms with E-state index in [1.807, 2.05) is 50.7 Å². The number of nitrogens with one attached hydrogen (secondary N) is 1. The van der Waals surface area contributed by atoms with Crippen LogP contribution in [0.3, 0.4) is 0 Å². The van der Waals surface area contributed by atoms with Gasteiger partial charge in [0, 0.05) is 17.8 Å². The van der Waals surface area contributed by atoms with E-state index in [0.717, 1.165) is 33.3 Å². The first-order valence-corrected chi connectivity index (χ1v) is 5.90. The minimum atomic E-state index is 0.772. The Bertz CT molecular complexity index is 558. The Balaban J connectivity index is 2.34. The second kappa shape index (κ2) is 4.41. The number of halogens is 1. The molecule has 0 atom stereocenters. The van der Waals surface area contributed by atoms with Crippen LogP contribution in [0, 0.1) is 20.8 Å². The molecule has 2 rings (SSSR count). The van der Waals surface area contributed by atoms with Gasteiger partial charge in [0.2, 0.25) is 0 Å². The smallest absolute Gasteiger partial charge is 0.0831 e. The van der Waals surface area contributed by atoms with Gasteiger partial charge in [-0.3, -0.25) is 4.68 Å². The van der Waals surface area contributed by atoms with E-state index < -0.39 is 0 Å². The van der Waals surface area contributed by atoms with Crippen LogP contribution < -0.4 is 5.32 Å². The lowest BCUT2D eigenvalue weighted by atomic mass is 10.2. The maximum atomic E-state index is 6.10. The average Bonchev–Trinajstić information content (AvgIpc) is 2.50. The molecule has 0 bridgehead atoms. The van der Waals surface area contributed by atoms with Crippen molar-refractivity contribution in [2.24, 2.45) is 7.05 Å². The van der Waals surface area contributed by atoms with Gasteiger partial charge in [0.15, 0.2) is 0 Å². The van der Waals surface area contributed by atoms with E-state index in [1.54, 1.807) is 0 Å². The highest BCUT2D eigenvalue weighted by molar-refractivity contribution is 6.31. The maximum absolute atomic E-state index is 6.10. The summed E-state index contributed by atoms with van der Waals surface area (Å²) in [6.45, 7) is 6.02. The number of anilines is 2. The highest BCUT2D eigenvalue weighted by Gasteiger charge is 2.09. The fourth-order valence-electron chi connectivity index (χ4n) is 1.77. The Morgan fingerprint density at radius 3 is 2.47 bits per heavy atom. The van der Waals surface area contributed by atoms with Crippen LogP contribution in [0.2, 0.25) is 5.02 Å². The van der Waals surface area contributed by atoms with E-state index in [2.05, 4.69) is 10.4 Å². The fourth-order valence-corrected chi connectivity index (χ4v) is 1.95. The molecular weight excluding hydrogens is 234 g/mol. The molecule has 1 heterocycles. The Morgan fingerprint density at radius 2 is 1.94 bits per heavy atom. The third kappa shape index (κ3) is 2.29. The summed E-state index contributed by atoms with van der Waals surface area (Å²) in [4.78, 5) is 0. The first kappa shape index (κ1) is 12.0. The summed E-state index contributed by atoms with van der Waals surface area (Å²) in [5, 5.41) is 8.50. The molecule has 0 saturated heterocycles. The predicted octanol–water partition coefficient (Wildman–Crippen LogP) is 3.74. The summed E-state index contributed by atoms with van der Waals surface area (Å²) < 4.78 is 1.87. The molecule has 1 aromatic heterocycles. The first-order valence-electron chi connectivity index (χ1n) is 5.52. The van der Waals surface area contributed by atoms with Crippen LogP contribution in [0.1, 0.15) is 17.0 Å². The Hall–Kier alpha value is -1.48. The molecule has 0 fully saturated rings. The lowest BCUT2D eigenvalue weighted by molar-refractivity contribution is 0.731. The van der Waals surface area contributed by atoms with Gasteiger partial charge in [-0.15, -0.1) is 0 Å². The highest BCUT2D eigenvalue weighted by Crippen LogP contribution is 2.26. The lowest BCUT2D eigenvalue weighted by Crippen LogP contribution is -1.95. The number of aromatic nitrogens is 2. The molecule has 0 aliphatic rings. The van der Waals surface area contributed by atoms with Crippen LogP contribution in [0.25, 0.3) is 0 Å². The zero-order valence-corrected chi connectivity index (χ0v) is 11.3. The van der Waals surface area contributed by atoms with Crippen LogP contribution in [0.4, 0.5) is 11.4 Å². The molecule has 4 heteroatoms. The van der Waals surface area contributed by atoms with Crippen molar-refractivity contribution in [1.29, 1.82) is 0 Å². The second-order valence-corrected chi connectivity index (χ2v) is 4.67. The first-order chi connectivity index (χ1) is 7.99. The Morgan fingerprint density at radius 1 is 1.24 bits per heavy atom. The molecule has 0 aliphatic carbocycles. The number of nitrogens with zero attached hydrogens (tertiary/aromatic N) is 2. The number of hydrogen-bond acceptors (Lipinski definition) is 2. The summed E-state index contributed by atoms with van der Waals surface area (Å²) in [6.07, 6.45) is 0. The van der Waals surface area contributed by atoms with E-state index in [1.165, 1.54) is 0 Å². The van der Waals surface area contributed by atoms with Crippen molar-refractivity contribution < 1.29 is 0 Å². The van der Waals surface area contributed by atoms with E-state index in [9.17, 15) is 0 Å². The molecule has 1 N–H and O–H groups in total. The third-order valence-electron chi connectivity index (χ3n) is 2.95. The van der Waals surface area contributed by atoms with E-state index in [4.69, 9.17) is 11.6 Å². The van der Waals surface area contributed by atoms with Gasteiger partial charge in [-0.05, 0) is 38.5 Å². The van der Waals surface area contributed by atoms with Gasteiger partial charge < -0.3 is 5.32 Å². The topological polar surface area (TPSA) is 29.9 Å². The zero-order valence-electron chi connectivity index (χ0n) is 10.5. The van der Waals surface area contributed by atoms with E-state index in [0.29, 0.717) is 0 Å². The van der Waals surface area contributed by atoms with Crippen molar-refractivity contribution in [2.75, 3.05) is 5.32 Å². The van der Waals surface area contributed by atoms with Crippen molar-refractivity contribution in [3.63, 3.8) is 0 Å². The van der Waals surface area contributed by atoms with Gasteiger partial charge in [0.1, 0.15) is 0 Å². The Kier molecular flexibility index (Phi) is 3.11. The van der Waals surface area contributed by atoms with E-state index >= 15 is 0 Å². The monoisotopic (exact) mass is 249 g/mol. The van der Waals surface area contributed by atoms with Crippen molar-refractivity contribution in [3.05, 3.63) is 40.2 Å². The zero-order chi connectivity index (χ0) is 12.6. The molecular formula is C13H16ClN3. The quantitative estimate of drug-likeness (QED) is 0.879.